The molecule has 0 amide bonds. The zero-order chi connectivity index (χ0) is 9.84. The maximum atomic E-state index is 11.4. The van der Waals surface area contributed by atoms with Crippen LogP contribution in [0, 0.1) is 17.8 Å². The molecule has 1 aliphatic heterocycles. The molecule has 0 unspecified atom stereocenters. The number of carbonyl (C=O) groups is 1. The monoisotopic (exact) mass is 185 g/mol. The average Bonchev–Trinajstić information content (AvgIpc) is 2.16. The molecule has 0 saturated carbocycles. The normalized spacial score (nSPS) is 28.9. The summed E-state index contributed by atoms with van der Waals surface area (Å²) in [5, 5.41) is 3.23. The number of hydrogen-bond donors (Lipinski definition) is 1. The van der Waals surface area contributed by atoms with Crippen LogP contribution in [0.3, 0.4) is 0 Å². The highest BCUT2D eigenvalue weighted by atomic mass is 16.5. The van der Waals surface area contributed by atoms with Crippen molar-refractivity contribution >= 4 is 5.97 Å². The standard InChI is InChI=1S/C10H19NO2/c1-7(2)8-4-5-11-6-9(8)10(12)13-3/h7-9,11H,4-6H2,1-3H3/t8-,9-/m1/s1. The molecule has 0 radical (unpaired) electrons. The highest BCUT2D eigenvalue weighted by Crippen LogP contribution is 2.27. The van der Waals surface area contributed by atoms with E-state index in [9.17, 15) is 4.79 Å². The number of rotatable bonds is 2. The van der Waals surface area contributed by atoms with Crippen molar-refractivity contribution in [2.75, 3.05) is 20.2 Å². The van der Waals surface area contributed by atoms with Crippen LogP contribution in [0.2, 0.25) is 0 Å². The van der Waals surface area contributed by atoms with Gasteiger partial charge in [-0.25, -0.2) is 0 Å². The number of ether oxygens (including phenoxy) is 1. The summed E-state index contributed by atoms with van der Waals surface area (Å²) >= 11 is 0. The molecule has 0 bridgehead atoms. The number of piperidine rings is 1. The van der Waals surface area contributed by atoms with Gasteiger partial charge in [-0.05, 0) is 24.8 Å². The van der Waals surface area contributed by atoms with Gasteiger partial charge in [0.1, 0.15) is 0 Å². The van der Waals surface area contributed by atoms with Gasteiger partial charge in [0.15, 0.2) is 0 Å². The zero-order valence-electron chi connectivity index (χ0n) is 8.67. The SMILES string of the molecule is COC(=O)[C@@H]1CNCC[C@@H]1C(C)C. The van der Waals surface area contributed by atoms with E-state index in [0.29, 0.717) is 11.8 Å². The van der Waals surface area contributed by atoms with Gasteiger partial charge in [-0.15, -0.1) is 0 Å². The smallest absolute Gasteiger partial charge is 0.310 e. The predicted octanol–water partition coefficient (Wildman–Crippen LogP) is 1.04. The molecule has 1 aliphatic rings. The van der Waals surface area contributed by atoms with Gasteiger partial charge < -0.3 is 10.1 Å². The Morgan fingerprint density at radius 1 is 1.54 bits per heavy atom. The van der Waals surface area contributed by atoms with E-state index in [1.807, 2.05) is 0 Å². The van der Waals surface area contributed by atoms with E-state index >= 15 is 0 Å². The molecule has 0 spiro atoms. The van der Waals surface area contributed by atoms with Gasteiger partial charge in [0.2, 0.25) is 0 Å². The largest absolute Gasteiger partial charge is 0.469 e. The number of hydrogen-bond acceptors (Lipinski definition) is 3. The highest BCUT2D eigenvalue weighted by Gasteiger charge is 2.33. The van der Waals surface area contributed by atoms with E-state index in [0.717, 1.165) is 19.5 Å². The number of carbonyl (C=O) groups excluding carboxylic acids is 1. The van der Waals surface area contributed by atoms with E-state index in [-0.39, 0.29) is 11.9 Å². The first kappa shape index (κ1) is 10.5. The van der Waals surface area contributed by atoms with Crippen molar-refractivity contribution in [1.29, 1.82) is 0 Å². The Morgan fingerprint density at radius 3 is 2.77 bits per heavy atom. The van der Waals surface area contributed by atoms with Crippen LogP contribution in [-0.2, 0) is 9.53 Å². The van der Waals surface area contributed by atoms with E-state index in [4.69, 9.17) is 4.74 Å². The Hall–Kier alpha value is -0.570. The second-order valence-electron chi connectivity index (χ2n) is 4.03. The number of esters is 1. The minimum atomic E-state index is -0.0640. The summed E-state index contributed by atoms with van der Waals surface area (Å²) in [5.41, 5.74) is 0. The third-order valence-corrected chi connectivity index (χ3v) is 2.90. The summed E-state index contributed by atoms with van der Waals surface area (Å²) in [6, 6.07) is 0. The van der Waals surface area contributed by atoms with Crippen LogP contribution in [0.25, 0.3) is 0 Å². The maximum Gasteiger partial charge on any atom is 0.310 e. The molecular formula is C10H19NO2. The van der Waals surface area contributed by atoms with Crippen LogP contribution in [0.4, 0.5) is 0 Å². The first-order valence-corrected chi connectivity index (χ1v) is 4.95. The van der Waals surface area contributed by atoms with Gasteiger partial charge in [0.25, 0.3) is 0 Å². The molecule has 76 valence electrons. The van der Waals surface area contributed by atoms with Crippen molar-refractivity contribution in [3.05, 3.63) is 0 Å². The maximum absolute atomic E-state index is 11.4. The Kier molecular flexibility index (Phi) is 3.72. The van der Waals surface area contributed by atoms with Crippen molar-refractivity contribution in [2.24, 2.45) is 17.8 Å². The molecule has 1 N–H and O–H groups in total. The molecule has 1 fully saturated rings. The molecule has 1 rings (SSSR count). The average molecular weight is 185 g/mol. The fraction of sp³-hybridized carbons (Fsp3) is 0.900. The van der Waals surface area contributed by atoms with Gasteiger partial charge in [0.05, 0.1) is 13.0 Å². The van der Waals surface area contributed by atoms with Crippen molar-refractivity contribution < 1.29 is 9.53 Å². The summed E-state index contributed by atoms with van der Waals surface area (Å²) in [6.45, 7) is 6.14. The molecule has 1 saturated heterocycles. The molecule has 3 nitrogen and oxygen atoms in total. The minimum Gasteiger partial charge on any atom is -0.469 e. The first-order chi connectivity index (χ1) is 6.16. The molecular weight excluding hydrogens is 166 g/mol. The number of methoxy groups -OCH3 is 1. The summed E-state index contributed by atoms with van der Waals surface area (Å²) in [5.74, 6) is 1.03. The summed E-state index contributed by atoms with van der Waals surface area (Å²) in [6.07, 6.45) is 1.08. The third kappa shape index (κ3) is 2.44. The second kappa shape index (κ2) is 4.61. The molecule has 0 aromatic heterocycles. The predicted molar refractivity (Wildman–Crippen MR) is 51.3 cm³/mol. The Bertz CT molecular complexity index is 180. The third-order valence-electron chi connectivity index (χ3n) is 2.90. The molecule has 0 aromatic carbocycles. The van der Waals surface area contributed by atoms with E-state index in [1.165, 1.54) is 7.11 Å². The van der Waals surface area contributed by atoms with Gasteiger partial charge in [-0.1, -0.05) is 13.8 Å². The van der Waals surface area contributed by atoms with Crippen LogP contribution in [-0.4, -0.2) is 26.2 Å². The lowest BCUT2D eigenvalue weighted by Crippen LogP contribution is -2.43. The van der Waals surface area contributed by atoms with Crippen LogP contribution in [0.15, 0.2) is 0 Å². The Balaban J connectivity index is 2.61. The number of nitrogens with one attached hydrogen (secondary N) is 1. The molecule has 13 heavy (non-hydrogen) atoms. The fourth-order valence-corrected chi connectivity index (χ4v) is 2.09. The fourth-order valence-electron chi connectivity index (χ4n) is 2.09. The lowest BCUT2D eigenvalue weighted by molar-refractivity contribution is -0.148. The topological polar surface area (TPSA) is 38.3 Å². The van der Waals surface area contributed by atoms with Gasteiger partial charge in [-0.3, -0.25) is 4.79 Å². The summed E-state index contributed by atoms with van der Waals surface area (Å²) in [4.78, 5) is 11.4. The molecule has 3 heteroatoms. The van der Waals surface area contributed by atoms with Gasteiger partial charge in [-0.2, -0.15) is 0 Å². The minimum absolute atomic E-state index is 0.0544. The quantitative estimate of drug-likeness (QED) is 0.653. The highest BCUT2D eigenvalue weighted by molar-refractivity contribution is 5.73. The van der Waals surface area contributed by atoms with Crippen LogP contribution in [0.5, 0.6) is 0 Å². The molecule has 0 aromatic rings. The van der Waals surface area contributed by atoms with Crippen LogP contribution >= 0.6 is 0 Å². The Morgan fingerprint density at radius 2 is 2.23 bits per heavy atom. The van der Waals surface area contributed by atoms with Crippen molar-refractivity contribution in [1.82, 2.24) is 5.32 Å². The van der Waals surface area contributed by atoms with Gasteiger partial charge in [0, 0.05) is 6.54 Å². The van der Waals surface area contributed by atoms with Crippen LogP contribution in [0.1, 0.15) is 20.3 Å². The van der Waals surface area contributed by atoms with Crippen LogP contribution < -0.4 is 5.32 Å². The zero-order valence-corrected chi connectivity index (χ0v) is 8.67. The molecule has 0 aliphatic carbocycles. The molecule has 2 atom stereocenters. The van der Waals surface area contributed by atoms with E-state index in [1.54, 1.807) is 0 Å². The van der Waals surface area contributed by atoms with E-state index < -0.39 is 0 Å². The first-order valence-electron chi connectivity index (χ1n) is 4.95. The molecule has 1 heterocycles. The lowest BCUT2D eigenvalue weighted by Gasteiger charge is -2.32. The van der Waals surface area contributed by atoms with Crippen molar-refractivity contribution in [2.45, 2.75) is 20.3 Å². The van der Waals surface area contributed by atoms with E-state index in [2.05, 4.69) is 19.2 Å². The lowest BCUT2D eigenvalue weighted by atomic mass is 9.79. The Labute approximate surface area is 79.8 Å². The summed E-state index contributed by atoms with van der Waals surface area (Å²) < 4.78 is 4.79. The van der Waals surface area contributed by atoms with Gasteiger partial charge >= 0.3 is 5.97 Å². The van der Waals surface area contributed by atoms with Crippen molar-refractivity contribution in [3.63, 3.8) is 0 Å². The van der Waals surface area contributed by atoms with Crippen molar-refractivity contribution in [3.8, 4) is 0 Å². The second-order valence-corrected chi connectivity index (χ2v) is 4.03. The summed E-state index contributed by atoms with van der Waals surface area (Å²) in [7, 11) is 1.47.